The SMILES string of the molecule is NNC(CSc1ccccc1Cl)C1=COCCC1. The number of ether oxygens (including phenoxy) is 1. The van der Waals surface area contributed by atoms with Gasteiger partial charge in [0, 0.05) is 10.6 Å². The van der Waals surface area contributed by atoms with Gasteiger partial charge in [0.1, 0.15) is 0 Å². The largest absolute Gasteiger partial charge is 0.501 e. The minimum absolute atomic E-state index is 0.131. The maximum Gasteiger partial charge on any atom is 0.0876 e. The topological polar surface area (TPSA) is 47.3 Å². The van der Waals surface area contributed by atoms with Crippen molar-refractivity contribution in [2.75, 3.05) is 12.4 Å². The van der Waals surface area contributed by atoms with Crippen LogP contribution >= 0.6 is 23.4 Å². The van der Waals surface area contributed by atoms with E-state index in [0.717, 1.165) is 35.1 Å². The molecule has 0 spiro atoms. The lowest BCUT2D eigenvalue weighted by Gasteiger charge is -2.22. The van der Waals surface area contributed by atoms with Gasteiger partial charge in [-0.3, -0.25) is 11.3 Å². The van der Waals surface area contributed by atoms with Gasteiger partial charge in [-0.2, -0.15) is 0 Å². The van der Waals surface area contributed by atoms with Crippen LogP contribution in [0.2, 0.25) is 5.02 Å². The average Bonchev–Trinajstić information content (AvgIpc) is 2.42. The number of rotatable bonds is 5. The van der Waals surface area contributed by atoms with Gasteiger partial charge in [0.15, 0.2) is 0 Å². The van der Waals surface area contributed by atoms with Crippen molar-refractivity contribution < 1.29 is 4.74 Å². The molecule has 1 atom stereocenters. The summed E-state index contributed by atoms with van der Waals surface area (Å²) in [6.07, 6.45) is 3.93. The first kappa shape index (κ1) is 13.7. The molecule has 5 heteroatoms. The maximum atomic E-state index is 6.12. The third-order valence-corrected chi connectivity index (χ3v) is 4.46. The Bertz CT molecular complexity index is 425. The fourth-order valence-electron chi connectivity index (χ4n) is 1.84. The smallest absolute Gasteiger partial charge is 0.0876 e. The second-order valence-electron chi connectivity index (χ2n) is 4.13. The van der Waals surface area contributed by atoms with Crippen LogP contribution in [0.25, 0.3) is 0 Å². The second kappa shape index (κ2) is 7.04. The van der Waals surface area contributed by atoms with Gasteiger partial charge in [-0.25, -0.2) is 0 Å². The van der Waals surface area contributed by atoms with Crippen LogP contribution in [0.3, 0.4) is 0 Å². The molecule has 0 aliphatic carbocycles. The van der Waals surface area contributed by atoms with E-state index < -0.39 is 0 Å². The summed E-state index contributed by atoms with van der Waals surface area (Å²) in [5, 5.41) is 0.784. The van der Waals surface area contributed by atoms with E-state index in [1.54, 1.807) is 11.8 Å². The number of benzene rings is 1. The van der Waals surface area contributed by atoms with Crippen LogP contribution < -0.4 is 11.3 Å². The van der Waals surface area contributed by atoms with Gasteiger partial charge in [-0.05, 0) is 30.5 Å². The van der Waals surface area contributed by atoms with Crippen molar-refractivity contribution in [3.05, 3.63) is 41.1 Å². The number of nitrogens with two attached hydrogens (primary N) is 1. The molecule has 18 heavy (non-hydrogen) atoms. The molecule has 1 unspecified atom stereocenters. The van der Waals surface area contributed by atoms with Crippen LogP contribution in [0.1, 0.15) is 12.8 Å². The molecule has 98 valence electrons. The zero-order valence-corrected chi connectivity index (χ0v) is 11.6. The van der Waals surface area contributed by atoms with E-state index in [4.69, 9.17) is 22.2 Å². The molecule has 0 aromatic heterocycles. The molecule has 0 radical (unpaired) electrons. The summed E-state index contributed by atoms with van der Waals surface area (Å²) in [6, 6.07) is 7.97. The van der Waals surface area contributed by atoms with Crippen LogP contribution in [0.15, 0.2) is 41.0 Å². The fraction of sp³-hybridized carbons (Fsp3) is 0.385. The molecular weight excluding hydrogens is 268 g/mol. The maximum absolute atomic E-state index is 6.12. The van der Waals surface area contributed by atoms with Gasteiger partial charge in [0.05, 0.1) is 23.9 Å². The predicted octanol–water partition coefficient (Wildman–Crippen LogP) is 2.96. The van der Waals surface area contributed by atoms with Gasteiger partial charge in [0.25, 0.3) is 0 Å². The summed E-state index contributed by atoms with van der Waals surface area (Å²) in [5.74, 6) is 6.46. The third kappa shape index (κ3) is 3.65. The Balaban J connectivity index is 1.95. The summed E-state index contributed by atoms with van der Waals surface area (Å²) >= 11 is 7.83. The van der Waals surface area contributed by atoms with Crippen LogP contribution in [0.5, 0.6) is 0 Å². The summed E-state index contributed by atoms with van der Waals surface area (Å²) in [7, 11) is 0. The van der Waals surface area contributed by atoms with Crippen molar-refractivity contribution in [1.29, 1.82) is 0 Å². The highest BCUT2D eigenvalue weighted by Crippen LogP contribution is 2.28. The highest BCUT2D eigenvalue weighted by molar-refractivity contribution is 7.99. The van der Waals surface area contributed by atoms with E-state index in [1.807, 2.05) is 30.5 Å². The monoisotopic (exact) mass is 284 g/mol. The second-order valence-corrected chi connectivity index (χ2v) is 5.60. The number of thioether (sulfide) groups is 1. The Morgan fingerprint density at radius 1 is 1.44 bits per heavy atom. The molecule has 0 fully saturated rings. The van der Waals surface area contributed by atoms with E-state index in [-0.39, 0.29) is 6.04 Å². The molecule has 2 rings (SSSR count). The number of hydrogen-bond donors (Lipinski definition) is 2. The zero-order valence-electron chi connectivity index (χ0n) is 10.1. The summed E-state index contributed by atoms with van der Waals surface area (Å²) < 4.78 is 5.35. The van der Waals surface area contributed by atoms with Gasteiger partial charge < -0.3 is 4.74 Å². The molecule has 1 aliphatic rings. The van der Waals surface area contributed by atoms with E-state index in [0.29, 0.717) is 0 Å². The number of hydrogen-bond acceptors (Lipinski definition) is 4. The Kier molecular flexibility index (Phi) is 5.38. The highest BCUT2D eigenvalue weighted by atomic mass is 35.5. The lowest BCUT2D eigenvalue weighted by Crippen LogP contribution is -2.39. The summed E-state index contributed by atoms with van der Waals surface area (Å²) in [4.78, 5) is 1.08. The Hall–Kier alpha value is -0.680. The Morgan fingerprint density at radius 2 is 2.28 bits per heavy atom. The summed E-state index contributed by atoms with van der Waals surface area (Å²) in [5.41, 5.74) is 4.07. The minimum atomic E-state index is 0.131. The third-order valence-electron chi connectivity index (χ3n) is 2.85. The first-order chi connectivity index (χ1) is 8.81. The van der Waals surface area contributed by atoms with E-state index in [9.17, 15) is 0 Å². The van der Waals surface area contributed by atoms with Gasteiger partial charge in [-0.1, -0.05) is 23.7 Å². The quantitative estimate of drug-likeness (QED) is 0.496. The van der Waals surface area contributed by atoms with Crippen molar-refractivity contribution >= 4 is 23.4 Å². The molecule has 1 aromatic rings. The molecule has 3 N–H and O–H groups in total. The van der Waals surface area contributed by atoms with Crippen molar-refractivity contribution in [1.82, 2.24) is 5.43 Å². The Morgan fingerprint density at radius 3 is 2.94 bits per heavy atom. The average molecular weight is 285 g/mol. The predicted molar refractivity (Wildman–Crippen MR) is 76.6 cm³/mol. The molecule has 3 nitrogen and oxygen atoms in total. The molecule has 0 bridgehead atoms. The highest BCUT2D eigenvalue weighted by Gasteiger charge is 2.16. The minimum Gasteiger partial charge on any atom is -0.501 e. The number of nitrogens with one attached hydrogen (secondary N) is 1. The van der Waals surface area contributed by atoms with E-state index >= 15 is 0 Å². The van der Waals surface area contributed by atoms with Gasteiger partial charge >= 0.3 is 0 Å². The van der Waals surface area contributed by atoms with Crippen LogP contribution in [0, 0.1) is 0 Å². The van der Waals surface area contributed by atoms with E-state index in [1.165, 1.54) is 5.57 Å². The lowest BCUT2D eigenvalue weighted by atomic mass is 10.0. The molecule has 0 saturated heterocycles. The number of halogens is 1. The lowest BCUT2D eigenvalue weighted by molar-refractivity contribution is 0.220. The fourth-order valence-corrected chi connectivity index (χ4v) is 3.17. The normalized spacial score (nSPS) is 16.9. The molecule has 1 aromatic carbocycles. The van der Waals surface area contributed by atoms with Crippen LogP contribution in [0.4, 0.5) is 0 Å². The van der Waals surface area contributed by atoms with Crippen LogP contribution in [-0.2, 0) is 4.74 Å². The zero-order chi connectivity index (χ0) is 12.8. The van der Waals surface area contributed by atoms with Crippen molar-refractivity contribution in [2.24, 2.45) is 5.84 Å². The Labute approximate surface area is 117 Å². The van der Waals surface area contributed by atoms with Crippen molar-refractivity contribution in [3.63, 3.8) is 0 Å². The first-order valence-corrected chi connectivity index (χ1v) is 7.31. The van der Waals surface area contributed by atoms with E-state index in [2.05, 4.69) is 5.43 Å². The van der Waals surface area contributed by atoms with Gasteiger partial charge in [0.2, 0.25) is 0 Å². The standard InChI is InChI=1S/C13H17ClN2OS/c14-11-5-1-2-6-13(11)18-9-12(16-15)10-4-3-7-17-8-10/h1-2,5-6,8,12,16H,3-4,7,9,15H2. The molecule has 0 saturated carbocycles. The first-order valence-electron chi connectivity index (χ1n) is 5.95. The molecule has 1 heterocycles. The van der Waals surface area contributed by atoms with Crippen molar-refractivity contribution in [3.8, 4) is 0 Å². The number of hydrazine groups is 1. The van der Waals surface area contributed by atoms with Gasteiger partial charge in [-0.15, -0.1) is 11.8 Å². The summed E-state index contributed by atoms with van der Waals surface area (Å²) in [6.45, 7) is 0.804. The van der Waals surface area contributed by atoms with Crippen molar-refractivity contribution in [2.45, 2.75) is 23.8 Å². The molecule has 0 amide bonds. The molecular formula is C13H17ClN2OS. The molecule has 1 aliphatic heterocycles. The van der Waals surface area contributed by atoms with Crippen LogP contribution in [-0.4, -0.2) is 18.4 Å².